The first-order valence-electron chi connectivity index (χ1n) is 11.6. The molecule has 4 aliphatic carbocycles. The zero-order valence-electron chi connectivity index (χ0n) is 17.5. The number of hydrogen-bond acceptors (Lipinski definition) is 2. The van der Waals surface area contributed by atoms with E-state index in [2.05, 4.69) is 32.0 Å². The maximum Gasteiger partial charge on any atom is 0.0991 e. The van der Waals surface area contributed by atoms with Crippen molar-refractivity contribution in [3.05, 3.63) is 35.4 Å². The van der Waals surface area contributed by atoms with Crippen LogP contribution in [0.4, 0.5) is 0 Å². The Balaban J connectivity index is 1.37. The molecule has 0 heterocycles. The molecule has 2 nitrogen and oxygen atoms in total. The number of aliphatic hydroxyl groups is 1. The van der Waals surface area contributed by atoms with E-state index in [0.717, 1.165) is 48.0 Å². The molecule has 4 saturated carbocycles. The van der Waals surface area contributed by atoms with Crippen molar-refractivity contribution in [1.29, 1.82) is 5.26 Å². The maximum atomic E-state index is 10.6. The second kappa shape index (κ2) is 6.60. The Labute approximate surface area is 170 Å². The molecular weight excluding hydrogens is 342 g/mol. The van der Waals surface area contributed by atoms with Gasteiger partial charge in [0.2, 0.25) is 0 Å². The topological polar surface area (TPSA) is 44.0 Å². The van der Waals surface area contributed by atoms with Crippen molar-refractivity contribution >= 4 is 0 Å². The quantitative estimate of drug-likeness (QED) is 0.648. The molecule has 0 saturated heterocycles. The molecule has 5 rings (SSSR count). The molecule has 4 aliphatic rings. The van der Waals surface area contributed by atoms with Gasteiger partial charge in [-0.3, -0.25) is 0 Å². The number of benzene rings is 1. The van der Waals surface area contributed by atoms with Crippen LogP contribution in [0, 0.1) is 46.3 Å². The zero-order valence-corrected chi connectivity index (χ0v) is 17.5. The van der Waals surface area contributed by atoms with Gasteiger partial charge >= 0.3 is 0 Å². The van der Waals surface area contributed by atoms with Gasteiger partial charge in [-0.15, -0.1) is 0 Å². The van der Waals surface area contributed by atoms with E-state index in [1.807, 2.05) is 12.1 Å². The van der Waals surface area contributed by atoms with Crippen LogP contribution in [-0.2, 0) is 0 Å². The molecule has 28 heavy (non-hydrogen) atoms. The van der Waals surface area contributed by atoms with E-state index in [4.69, 9.17) is 5.26 Å². The van der Waals surface area contributed by atoms with E-state index in [0.29, 0.717) is 11.3 Å². The lowest BCUT2D eigenvalue weighted by molar-refractivity contribution is -0.0958. The normalized spacial score (nSPS) is 47.5. The first-order chi connectivity index (χ1) is 13.4. The minimum atomic E-state index is -0.411. The number of rotatable bonds is 1. The van der Waals surface area contributed by atoms with Gasteiger partial charge in [0.1, 0.15) is 0 Å². The SMILES string of the molecule is CC12CCC3C4CC[C@@](C)(O)CC4CCC3[C@@H]1CC[C@@H]2c1ccc(C#N)cc1. The average Bonchev–Trinajstić information content (AvgIpc) is 3.04. The number of hydrogen-bond donors (Lipinski definition) is 1. The van der Waals surface area contributed by atoms with Crippen molar-refractivity contribution in [3.8, 4) is 6.07 Å². The van der Waals surface area contributed by atoms with E-state index >= 15 is 0 Å². The monoisotopic (exact) mass is 377 g/mol. The largest absolute Gasteiger partial charge is 0.390 e. The summed E-state index contributed by atoms with van der Waals surface area (Å²) in [5.41, 5.74) is 2.26. The van der Waals surface area contributed by atoms with Crippen molar-refractivity contribution < 1.29 is 5.11 Å². The first-order valence-corrected chi connectivity index (χ1v) is 11.6. The van der Waals surface area contributed by atoms with Gasteiger partial charge in [0, 0.05) is 0 Å². The summed E-state index contributed by atoms with van der Waals surface area (Å²) < 4.78 is 0. The molecule has 1 aromatic rings. The Morgan fingerprint density at radius 2 is 1.64 bits per heavy atom. The molecule has 0 aliphatic heterocycles. The van der Waals surface area contributed by atoms with Crippen LogP contribution in [-0.4, -0.2) is 10.7 Å². The smallest absolute Gasteiger partial charge is 0.0991 e. The van der Waals surface area contributed by atoms with E-state index < -0.39 is 5.60 Å². The molecule has 2 heteroatoms. The summed E-state index contributed by atoms with van der Waals surface area (Å²) >= 11 is 0. The fraction of sp³-hybridized carbons (Fsp3) is 0.731. The van der Waals surface area contributed by atoms with Crippen molar-refractivity contribution in [2.24, 2.45) is 35.0 Å². The summed E-state index contributed by atoms with van der Waals surface area (Å²) in [6.45, 7) is 4.65. The van der Waals surface area contributed by atoms with Crippen LogP contribution < -0.4 is 0 Å². The summed E-state index contributed by atoms with van der Waals surface area (Å²) in [6.07, 6.45) is 11.5. The van der Waals surface area contributed by atoms with Crippen LogP contribution in [0.2, 0.25) is 0 Å². The Bertz CT molecular complexity index is 775. The second-order valence-corrected chi connectivity index (χ2v) is 11.1. The summed E-state index contributed by atoms with van der Waals surface area (Å²) in [7, 11) is 0. The third-order valence-corrected chi connectivity index (χ3v) is 9.68. The average molecular weight is 378 g/mol. The van der Waals surface area contributed by atoms with Gasteiger partial charge in [0.15, 0.2) is 0 Å². The van der Waals surface area contributed by atoms with Gasteiger partial charge in [0.05, 0.1) is 17.2 Å². The molecule has 0 radical (unpaired) electrons. The lowest BCUT2D eigenvalue weighted by atomic mass is 9.49. The third-order valence-electron chi connectivity index (χ3n) is 9.68. The minimum Gasteiger partial charge on any atom is -0.390 e. The van der Waals surface area contributed by atoms with Gasteiger partial charge in [-0.05, 0) is 123 Å². The summed E-state index contributed by atoms with van der Waals surface area (Å²) in [6, 6.07) is 10.7. The minimum absolute atomic E-state index is 0.411. The Morgan fingerprint density at radius 3 is 2.39 bits per heavy atom. The highest BCUT2D eigenvalue weighted by Crippen LogP contribution is 2.66. The Morgan fingerprint density at radius 1 is 0.893 bits per heavy atom. The number of nitriles is 1. The Hall–Kier alpha value is -1.33. The van der Waals surface area contributed by atoms with Crippen molar-refractivity contribution in [2.45, 2.75) is 83.2 Å². The summed E-state index contributed by atoms with van der Waals surface area (Å²) in [5, 5.41) is 19.7. The van der Waals surface area contributed by atoms with E-state index in [9.17, 15) is 5.11 Å². The molecule has 5 unspecified atom stereocenters. The van der Waals surface area contributed by atoms with Gasteiger partial charge in [-0.2, -0.15) is 5.26 Å². The highest BCUT2D eigenvalue weighted by atomic mass is 16.3. The predicted octanol–water partition coefficient (Wildman–Crippen LogP) is 6.05. The lowest BCUT2D eigenvalue weighted by Gasteiger charge is -2.57. The molecule has 0 amide bonds. The second-order valence-electron chi connectivity index (χ2n) is 11.1. The van der Waals surface area contributed by atoms with Crippen LogP contribution in [0.5, 0.6) is 0 Å². The van der Waals surface area contributed by atoms with Crippen LogP contribution in [0.1, 0.15) is 88.7 Å². The fourth-order valence-corrected chi connectivity index (χ4v) is 8.42. The van der Waals surface area contributed by atoms with Crippen molar-refractivity contribution in [2.75, 3.05) is 0 Å². The fourth-order valence-electron chi connectivity index (χ4n) is 8.42. The maximum absolute atomic E-state index is 10.6. The molecule has 150 valence electrons. The molecule has 8 atom stereocenters. The van der Waals surface area contributed by atoms with E-state index in [1.165, 1.54) is 50.5 Å². The van der Waals surface area contributed by atoms with Gasteiger partial charge < -0.3 is 5.11 Å². The van der Waals surface area contributed by atoms with E-state index in [1.54, 1.807) is 0 Å². The number of fused-ring (bicyclic) bond motifs is 5. The van der Waals surface area contributed by atoms with Gasteiger partial charge in [-0.25, -0.2) is 0 Å². The highest BCUT2D eigenvalue weighted by molar-refractivity contribution is 5.34. The molecule has 1 aromatic carbocycles. The standard InChI is InChI=1S/C26H35NO/c1-25(28)13-11-20-19(15-25)7-8-22-21(20)12-14-26(2)23(9-10-24(22)26)18-5-3-17(16-27)4-6-18/h3-6,19-24,28H,7-15H2,1-2H3/t19?,20?,21?,22?,23-,24+,25-,26?/m1/s1. The van der Waals surface area contributed by atoms with Crippen LogP contribution >= 0.6 is 0 Å². The molecule has 1 N–H and O–H groups in total. The van der Waals surface area contributed by atoms with Crippen LogP contribution in [0.15, 0.2) is 24.3 Å². The summed E-state index contributed by atoms with van der Waals surface area (Å²) in [4.78, 5) is 0. The van der Waals surface area contributed by atoms with Gasteiger partial charge in [-0.1, -0.05) is 19.1 Å². The Kier molecular flexibility index (Phi) is 4.40. The first kappa shape index (κ1) is 18.7. The van der Waals surface area contributed by atoms with Crippen LogP contribution in [0.25, 0.3) is 0 Å². The third kappa shape index (κ3) is 2.85. The molecule has 0 spiro atoms. The molecule has 4 fully saturated rings. The van der Waals surface area contributed by atoms with E-state index in [-0.39, 0.29) is 0 Å². The lowest BCUT2D eigenvalue weighted by Crippen LogP contribution is -2.50. The highest BCUT2D eigenvalue weighted by Gasteiger charge is 2.57. The van der Waals surface area contributed by atoms with Crippen LogP contribution in [0.3, 0.4) is 0 Å². The predicted molar refractivity (Wildman–Crippen MR) is 112 cm³/mol. The zero-order chi connectivity index (χ0) is 19.5. The molecule has 0 aromatic heterocycles. The molecular formula is C26H35NO. The van der Waals surface area contributed by atoms with Gasteiger partial charge in [0.25, 0.3) is 0 Å². The molecule has 0 bridgehead atoms. The van der Waals surface area contributed by atoms with Crippen molar-refractivity contribution in [3.63, 3.8) is 0 Å². The number of nitrogens with zero attached hydrogens (tertiary/aromatic N) is 1. The van der Waals surface area contributed by atoms with Crippen molar-refractivity contribution in [1.82, 2.24) is 0 Å². The summed E-state index contributed by atoms with van der Waals surface area (Å²) in [5.74, 6) is 4.99.